The first-order valence-corrected chi connectivity index (χ1v) is 8.08. The van der Waals surface area contributed by atoms with Gasteiger partial charge in [-0.05, 0) is 68.1 Å². The lowest BCUT2D eigenvalue weighted by molar-refractivity contribution is -0.758. The van der Waals surface area contributed by atoms with Crippen LogP contribution in [0.4, 0.5) is 0 Å². The summed E-state index contributed by atoms with van der Waals surface area (Å²) in [6, 6.07) is 0. The van der Waals surface area contributed by atoms with Gasteiger partial charge in [0.05, 0.1) is 13.2 Å². The quantitative estimate of drug-likeness (QED) is 0.531. The Morgan fingerprint density at radius 1 is 0.913 bits per heavy atom. The fraction of sp³-hybridized carbons (Fsp3) is 1.00. The predicted octanol–water partition coefficient (Wildman–Crippen LogP) is 1.85. The van der Waals surface area contributed by atoms with E-state index in [0.717, 1.165) is 38.5 Å². The Morgan fingerprint density at radius 2 is 1.39 bits per heavy atom. The van der Waals surface area contributed by atoms with Crippen molar-refractivity contribution in [2.75, 3.05) is 13.2 Å². The molecule has 4 aliphatic carbocycles. The van der Waals surface area contributed by atoms with Crippen molar-refractivity contribution >= 4 is 0 Å². The van der Waals surface area contributed by atoms with Gasteiger partial charge < -0.3 is 15.4 Å². The normalized spacial score (nSPS) is 40.8. The van der Waals surface area contributed by atoms with Gasteiger partial charge in [0, 0.05) is 5.54 Å². The molecule has 2 N–H and O–H groups in total. The van der Waals surface area contributed by atoms with Crippen LogP contribution < -0.4 is 5.73 Å². The predicted molar refractivity (Wildman–Crippen MR) is 78.1 cm³/mol. The highest BCUT2D eigenvalue weighted by molar-refractivity contribution is 5.15. The third-order valence-electron chi connectivity index (χ3n) is 6.00. The molecule has 4 rings (SSSR count). The highest BCUT2D eigenvalue weighted by atomic mass is 17.0. The molecule has 0 spiro atoms. The zero-order chi connectivity index (χ0) is 16.7. The van der Waals surface area contributed by atoms with Crippen LogP contribution >= 0.6 is 0 Å². The van der Waals surface area contributed by atoms with Crippen molar-refractivity contribution in [1.29, 1.82) is 0 Å². The Balaban J connectivity index is 1.70. The van der Waals surface area contributed by atoms with E-state index in [1.807, 2.05) is 0 Å². The van der Waals surface area contributed by atoms with Gasteiger partial charge in [-0.2, -0.15) is 0 Å². The lowest BCUT2D eigenvalue weighted by Gasteiger charge is -2.66. The summed E-state index contributed by atoms with van der Waals surface area (Å²) in [6.07, 6.45) is 6.96. The molecular formula is C14H23N3O6. The molecule has 0 aliphatic heterocycles. The van der Waals surface area contributed by atoms with Gasteiger partial charge in [0.2, 0.25) is 0 Å². The van der Waals surface area contributed by atoms with Crippen LogP contribution in [-0.4, -0.2) is 28.9 Å². The standard InChI is InChI=1S/C14H23N3O6/c15-14-7-11-5-12(9-14,1-3-22-16(18)19)8-13(6-11,10-14)2-4-23-17(20)21/h11H,1-10,15H2. The molecule has 0 aromatic carbocycles. The fourth-order valence-corrected chi connectivity index (χ4v) is 6.16. The minimum absolute atomic E-state index is 0.0290. The summed E-state index contributed by atoms with van der Waals surface area (Å²) in [5.74, 6) is 0.502. The van der Waals surface area contributed by atoms with Crippen LogP contribution in [0.3, 0.4) is 0 Å². The third kappa shape index (κ3) is 3.34. The third-order valence-corrected chi connectivity index (χ3v) is 6.00. The van der Waals surface area contributed by atoms with E-state index in [1.54, 1.807) is 0 Å². The van der Waals surface area contributed by atoms with Gasteiger partial charge in [0.1, 0.15) is 0 Å². The van der Waals surface area contributed by atoms with Gasteiger partial charge in [-0.3, -0.25) is 0 Å². The summed E-state index contributed by atoms with van der Waals surface area (Å²) in [6.45, 7) is 0.189. The minimum atomic E-state index is -0.751. The maximum absolute atomic E-state index is 10.4. The van der Waals surface area contributed by atoms with Gasteiger partial charge in [-0.25, -0.2) is 0 Å². The average Bonchev–Trinajstić information content (AvgIpc) is 2.33. The van der Waals surface area contributed by atoms with E-state index in [2.05, 4.69) is 9.68 Å². The molecule has 0 aromatic rings. The van der Waals surface area contributed by atoms with Crippen molar-refractivity contribution in [1.82, 2.24) is 0 Å². The van der Waals surface area contributed by atoms with Crippen LogP contribution in [0.2, 0.25) is 0 Å². The van der Waals surface area contributed by atoms with Gasteiger partial charge in [-0.15, -0.1) is 20.2 Å². The van der Waals surface area contributed by atoms with Crippen molar-refractivity contribution in [3.63, 3.8) is 0 Å². The molecule has 4 aliphatic rings. The molecule has 4 saturated carbocycles. The smallest absolute Gasteiger partial charge is 0.294 e. The van der Waals surface area contributed by atoms with Gasteiger partial charge in [0.15, 0.2) is 0 Å². The Hall–Kier alpha value is -1.64. The van der Waals surface area contributed by atoms with E-state index >= 15 is 0 Å². The summed E-state index contributed by atoms with van der Waals surface area (Å²) >= 11 is 0. The molecule has 0 amide bonds. The van der Waals surface area contributed by atoms with E-state index < -0.39 is 10.2 Å². The summed E-state index contributed by atoms with van der Waals surface area (Å²) < 4.78 is 0. The number of nitrogens with two attached hydrogens (primary N) is 1. The monoisotopic (exact) mass is 329 g/mol. The first-order chi connectivity index (χ1) is 10.7. The molecule has 0 radical (unpaired) electrons. The van der Waals surface area contributed by atoms with Gasteiger partial charge in [-0.1, -0.05) is 0 Å². The number of rotatable bonds is 8. The van der Waals surface area contributed by atoms with Gasteiger partial charge in [0.25, 0.3) is 10.2 Å². The molecule has 4 bridgehead atoms. The Kier molecular flexibility index (Phi) is 3.86. The highest BCUT2D eigenvalue weighted by Gasteiger charge is 2.61. The zero-order valence-corrected chi connectivity index (χ0v) is 13.1. The second kappa shape index (κ2) is 5.47. The second-order valence-electron chi connectivity index (χ2n) is 7.98. The fourth-order valence-electron chi connectivity index (χ4n) is 6.16. The number of nitrogens with zero attached hydrogens (tertiary/aromatic N) is 2. The maximum atomic E-state index is 10.4. The summed E-state index contributed by atoms with van der Waals surface area (Å²) in [7, 11) is 0. The Labute approximate surface area is 133 Å². The van der Waals surface area contributed by atoms with E-state index in [-0.39, 0.29) is 29.6 Å². The topological polar surface area (TPSA) is 131 Å². The minimum Gasteiger partial charge on any atom is -0.325 e. The van der Waals surface area contributed by atoms with E-state index in [9.17, 15) is 20.2 Å². The zero-order valence-electron chi connectivity index (χ0n) is 13.1. The lowest BCUT2D eigenvalue weighted by Crippen LogP contribution is -2.64. The Morgan fingerprint density at radius 3 is 1.78 bits per heavy atom. The summed E-state index contributed by atoms with van der Waals surface area (Å²) in [4.78, 5) is 29.8. The molecule has 130 valence electrons. The molecule has 9 heteroatoms. The van der Waals surface area contributed by atoms with Crippen molar-refractivity contribution < 1.29 is 19.8 Å². The second-order valence-corrected chi connectivity index (χ2v) is 7.98. The van der Waals surface area contributed by atoms with Crippen LogP contribution in [0, 0.1) is 37.0 Å². The lowest BCUT2D eigenvalue weighted by atomic mass is 9.41. The van der Waals surface area contributed by atoms with Gasteiger partial charge >= 0.3 is 0 Å². The molecular weight excluding hydrogens is 306 g/mol. The van der Waals surface area contributed by atoms with Crippen molar-refractivity contribution in [3.05, 3.63) is 20.2 Å². The van der Waals surface area contributed by atoms with E-state index in [4.69, 9.17) is 5.73 Å². The average molecular weight is 329 g/mol. The molecule has 9 nitrogen and oxygen atoms in total. The number of hydrogen-bond acceptors (Lipinski definition) is 7. The van der Waals surface area contributed by atoms with Crippen molar-refractivity contribution in [3.8, 4) is 0 Å². The molecule has 2 atom stereocenters. The van der Waals surface area contributed by atoms with E-state index in [1.165, 1.54) is 0 Å². The summed E-state index contributed by atoms with van der Waals surface area (Å²) in [5, 5.41) is 19.3. The van der Waals surface area contributed by atoms with E-state index in [0.29, 0.717) is 18.8 Å². The van der Waals surface area contributed by atoms with Crippen LogP contribution in [-0.2, 0) is 9.68 Å². The first-order valence-electron chi connectivity index (χ1n) is 8.08. The largest absolute Gasteiger partial charge is 0.325 e. The molecule has 0 aromatic heterocycles. The maximum Gasteiger partial charge on any atom is 0.294 e. The molecule has 0 heterocycles. The molecule has 0 saturated heterocycles. The van der Waals surface area contributed by atoms with Crippen molar-refractivity contribution in [2.24, 2.45) is 22.5 Å². The Bertz CT molecular complexity index is 477. The van der Waals surface area contributed by atoms with Crippen molar-refractivity contribution in [2.45, 2.75) is 56.9 Å². The first kappa shape index (κ1) is 16.2. The molecule has 23 heavy (non-hydrogen) atoms. The SMILES string of the molecule is NC12CC3CC(CCO[N+](=O)[O-])(C1)CC(CCO[N+](=O)[O-])(C3)C2. The summed E-state index contributed by atoms with van der Waals surface area (Å²) in [5.41, 5.74) is 6.30. The number of hydrogen-bond donors (Lipinski definition) is 1. The highest BCUT2D eigenvalue weighted by Crippen LogP contribution is 2.67. The molecule has 2 unspecified atom stereocenters. The van der Waals surface area contributed by atoms with Crippen LogP contribution in [0.25, 0.3) is 0 Å². The molecule has 4 fully saturated rings. The van der Waals surface area contributed by atoms with Crippen LogP contribution in [0.15, 0.2) is 0 Å². The van der Waals surface area contributed by atoms with Crippen LogP contribution in [0.5, 0.6) is 0 Å². The van der Waals surface area contributed by atoms with Crippen LogP contribution in [0.1, 0.15) is 51.4 Å².